The first-order valence-electron chi connectivity index (χ1n) is 12.2. The normalized spacial score (nSPS) is 14.4. The quantitative estimate of drug-likeness (QED) is 0.345. The van der Waals surface area contributed by atoms with Crippen molar-refractivity contribution in [3.8, 4) is 0 Å². The Balaban J connectivity index is 1.40. The Morgan fingerprint density at radius 3 is 2.38 bits per heavy atom. The first-order valence-corrected chi connectivity index (χ1v) is 12.2. The number of anilines is 5. The number of hydrogen-bond acceptors (Lipinski definition) is 9. The number of carbonyl (C=O) groups excluding carboxylic acids is 1. The van der Waals surface area contributed by atoms with Crippen LogP contribution in [0.2, 0.25) is 0 Å². The van der Waals surface area contributed by atoms with Gasteiger partial charge in [0.25, 0.3) is 5.91 Å². The van der Waals surface area contributed by atoms with Gasteiger partial charge in [0.2, 0.25) is 5.95 Å². The van der Waals surface area contributed by atoms with Crippen LogP contribution in [0.1, 0.15) is 21.5 Å². The summed E-state index contributed by atoms with van der Waals surface area (Å²) >= 11 is 0. The van der Waals surface area contributed by atoms with Gasteiger partial charge in [-0.15, -0.1) is 0 Å². The van der Waals surface area contributed by atoms with Crippen molar-refractivity contribution in [2.24, 2.45) is 0 Å². The number of alkyl halides is 3. The average Bonchev–Trinajstić information content (AvgIpc) is 2.90. The molecule has 1 fully saturated rings. The van der Waals surface area contributed by atoms with Crippen LogP contribution >= 0.6 is 0 Å². The first-order chi connectivity index (χ1) is 18.6. The molecule has 2 aromatic heterocycles. The van der Waals surface area contributed by atoms with Gasteiger partial charge in [0.05, 0.1) is 5.56 Å². The summed E-state index contributed by atoms with van der Waals surface area (Å²) in [7, 11) is 2.06. The van der Waals surface area contributed by atoms with Crippen molar-refractivity contribution >= 4 is 45.9 Å². The van der Waals surface area contributed by atoms with Crippen LogP contribution < -0.4 is 21.3 Å². The Hall–Kier alpha value is -4.52. The highest BCUT2D eigenvalue weighted by Gasteiger charge is 2.30. The fraction of sp³-hybridized carbons (Fsp3) is 0.269. The summed E-state index contributed by atoms with van der Waals surface area (Å²) in [6, 6.07) is 9.28. The molecule has 0 radical (unpaired) electrons. The smallest absolute Gasteiger partial charge is 0.382 e. The summed E-state index contributed by atoms with van der Waals surface area (Å²) in [4.78, 5) is 35.0. The molecule has 1 amide bonds. The van der Waals surface area contributed by atoms with Crippen LogP contribution in [0.25, 0.3) is 11.0 Å². The molecule has 10 nitrogen and oxygen atoms in total. The number of likely N-dealkylation sites (N-methyl/N-ethyl adjacent to an activating group) is 1. The van der Waals surface area contributed by atoms with Gasteiger partial charge in [0, 0.05) is 43.1 Å². The van der Waals surface area contributed by atoms with Gasteiger partial charge < -0.3 is 26.2 Å². The number of rotatable bonds is 5. The summed E-state index contributed by atoms with van der Waals surface area (Å²) in [5.41, 5.74) is 8.25. The molecule has 3 heterocycles. The van der Waals surface area contributed by atoms with Gasteiger partial charge in [-0.25, -0.2) is 15.0 Å². The Bertz CT molecular complexity index is 1520. The number of nitrogens with one attached hydrogen (secondary N) is 2. The number of nitrogens with zero attached hydrogens (tertiary/aromatic N) is 6. The van der Waals surface area contributed by atoms with E-state index in [0.717, 1.165) is 43.9 Å². The van der Waals surface area contributed by atoms with E-state index in [4.69, 9.17) is 10.7 Å². The summed E-state index contributed by atoms with van der Waals surface area (Å²) in [6.07, 6.45) is -3.09. The van der Waals surface area contributed by atoms with Crippen molar-refractivity contribution in [1.29, 1.82) is 0 Å². The van der Waals surface area contributed by atoms with Gasteiger partial charge in [-0.05, 0) is 55.9 Å². The van der Waals surface area contributed by atoms with Gasteiger partial charge in [-0.3, -0.25) is 4.79 Å². The largest absolute Gasteiger partial charge is 0.416 e. The third-order valence-electron chi connectivity index (χ3n) is 6.51. The minimum Gasteiger partial charge on any atom is -0.382 e. The predicted molar refractivity (Wildman–Crippen MR) is 143 cm³/mol. The average molecular weight is 538 g/mol. The molecule has 1 aliphatic heterocycles. The Morgan fingerprint density at radius 2 is 1.69 bits per heavy atom. The number of aryl methyl sites for hydroxylation is 1. The number of halogens is 3. The van der Waals surface area contributed by atoms with Crippen molar-refractivity contribution in [1.82, 2.24) is 24.8 Å². The van der Waals surface area contributed by atoms with E-state index in [1.165, 1.54) is 18.5 Å². The van der Waals surface area contributed by atoms with Crippen molar-refractivity contribution in [2.45, 2.75) is 13.1 Å². The topological polar surface area (TPSA) is 125 Å². The molecule has 4 aromatic rings. The van der Waals surface area contributed by atoms with Gasteiger partial charge >= 0.3 is 6.18 Å². The lowest BCUT2D eigenvalue weighted by molar-refractivity contribution is -0.137. The minimum absolute atomic E-state index is 0.237. The molecule has 202 valence electrons. The fourth-order valence-electron chi connectivity index (χ4n) is 4.17. The molecule has 39 heavy (non-hydrogen) atoms. The maximum Gasteiger partial charge on any atom is 0.416 e. The van der Waals surface area contributed by atoms with Gasteiger partial charge in [-0.1, -0.05) is 6.07 Å². The van der Waals surface area contributed by atoms with E-state index in [0.29, 0.717) is 34.1 Å². The number of benzene rings is 2. The number of nitrogen functional groups attached to an aromatic ring is 1. The van der Waals surface area contributed by atoms with Crippen LogP contribution in [0.3, 0.4) is 0 Å². The second kappa shape index (κ2) is 10.3. The third kappa shape index (κ3) is 5.67. The third-order valence-corrected chi connectivity index (χ3v) is 6.51. The van der Waals surface area contributed by atoms with Crippen LogP contribution in [0, 0.1) is 6.92 Å². The summed E-state index contributed by atoms with van der Waals surface area (Å²) in [6.45, 7) is 5.12. The second-order valence-corrected chi connectivity index (χ2v) is 9.30. The molecular weight excluding hydrogens is 511 g/mol. The highest BCUT2D eigenvalue weighted by atomic mass is 19.4. The van der Waals surface area contributed by atoms with Crippen LogP contribution in [0.4, 0.5) is 42.1 Å². The van der Waals surface area contributed by atoms with Crippen LogP contribution in [0.5, 0.6) is 0 Å². The fourth-order valence-corrected chi connectivity index (χ4v) is 4.17. The van der Waals surface area contributed by atoms with E-state index in [9.17, 15) is 18.0 Å². The standard InChI is InChI=1S/C26H26F3N9O/c1-15-3-4-16(24(39)33-18-7-5-17(6-8-18)26(27,28)29)13-19(15)34-23-21-20(31-14-32-23)22(30)36-25(35-21)38-11-9-37(2)10-12-38/h3-8,13-14H,9-12H2,1-2H3,(H,33,39)(H2,30,35,36)(H,31,32,34). The second-order valence-electron chi connectivity index (χ2n) is 9.30. The molecule has 0 spiro atoms. The molecule has 4 N–H and O–H groups in total. The van der Waals surface area contributed by atoms with Gasteiger partial charge in [-0.2, -0.15) is 18.2 Å². The molecule has 0 aliphatic carbocycles. The Kier molecular flexibility index (Phi) is 6.91. The highest BCUT2D eigenvalue weighted by Crippen LogP contribution is 2.31. The van der Waals surface area contributed by atoms with Gasteiger partial charge in [0.1, 0.15) is 17.4 Å². The van der Waals surface area contributed by atoms with Crippen LogP contribution in [-0.2, 0) is 6.18 Å². The van der Waals surface area contributed by atoms with E-state index in [1.54, 1.807) is 18.2 Å². The lowest BCUT2D eigenvalue weighted by atomic mass is 10.1. The molecule has 0 saturated carbocycles. The van der Waals surface area contributed by atoms with E-state index in [-0.39, 0.29) is 11.5 Å². The van der Waals surface area contributed by atoms with Crippen LogP contribution in [0.15, 0.2) is 48.8 Å². The SMILES string of the molecule is Cc1ccc(C(=O)Nc2ccc(C(F)(F)F)cc2)cc1Nc1ncnc2c(N)nc(N3CCN(C)CC3)nc12. The number of aromatic nitrogens is 4. The molecule has 5 rings (SSSR count). The molecular formula is C26H26F3N9O. The lowest BCUT2D eigenvalue weighted by Crippen LogP contribution is -2.45. The van der Waals surface area contributed by atoms with Crippen molar-refractivity contribution < 1.29 is 18.0 Å². The molecule has 1 aliphatic rings. The zero-order valence-electron chi connectivity index (χ0n) is 21.3. The maximum atomic E-state index is 12.9. The van der Waals surface area contributed by atoms with Crippen molar-refractivity contribution in [3.05, 3.63) is 65.5 Å². The highest BCUT2D eigenvalue weighted by molar-refractivity contribution is 6.05. The Morgan fingerprint density at radius 1 is 0.974 bits per heavy atom. The maximum absolute atomic E-state index is 12.9. The van der Waals surface area contributed by atoms with Crippen molar-refractivity contribution in [3.63, 3.8) is 0 Å². The number of amides is 1. The van der Waals surface area contributed by atoms with E-state index in [1.807, 2.05) is 6.92 Å². The zero-order chi connectivity index (χ0) is 27.7. The van der Waals surface area contributed by atoms with Gasteiger partial charge in [0.15, 0.2) is 11.6 Å². The van der Waals surface area contributed by atoms with E-state index < -0.39 is 17.6 Å². The summed E-state index contributed by atoms with van der Waals surface area (Å²) in [5.74, 6) is 0.648. The van der Waals surface area contributed by atoms with Crippen LogP contribution in [-0.4, -0.2) is 64.0 Å². The van der Waals surface area contributed by atoms with E-state index in [2.05, 4.69) is 42.4 Å². The van der Waals surface area contributed by atoms with Crippen molar-refractivity contribution in [2.75, 3.05) is 54.5 Å². The number of hydrogen-bond donors (Lipinski definition) is 3. The number of piperazine rings is 1. The summed E-state index contributed by atoms with van der Waals surface area (Å²) in [5, 5.41) is 5.86. The minimum atomic E-state index is -4.45. The Labute approximate surface area is 222 Å². The number of fused-ring (bicyclic) bond motifs is 1. The molecule has 1 saturated heterocycles. The molecule has 0 bridgehead atoms. The molecule has 13 heteroatoms. The number of nitrogens with two attached hydrogens (primary N) is 1. The summed E-state index contributed by atoms with van der Waals surface area (Å²) < 4.78 is 38.5. The van der Waals surface area contributed by atoms with E-state index >= 15 is 0 Å². The predicted octanol–water partition coefficient (Wildman–Crippen LogP) is 4.08. The first kappa shape index (κ1) is 26.1. The monoisotopic (exact) mass is 537 g/mol. The zero-order valence-corrected chi connectivity index (χ0v) is 21.3. The number of carbonyl (C=O) groups is 1. The molecule has 0 unspecified atom stereocenters. The molecule has 0 atom stereocenters. The molecule has 2 aromatic carbocycles. The lowest BCUT2D eigenvalue weighted by Gasteiger charge is -2.32.